The van der Waals surface area contributed by atoms with Gasteiger partial charge in [0.15, 0.2) is 0 Å². The fourth-order valence-electron chi connectivity index (χ4n) is 2.30. The van der Waals surface area contributed by atoms with Gasteiger partial charge in [-0.2, -0.15) is 0 Å². The van der Waals surface area contributed by atoms with Crippen LogP contribution >= 0.6 is 0 Å². The average molecular weight is 187 g/mol. The summed E-state index contributed by atoms with van der Waals surface area (Å²) < 4.78 is 0. The molecule has 0 saturated carbocycles. The molecule has 0 unspecified atom stereocenters. The van der Waals surface area contributed by atoms with Crippen LogP contribution in [-0.2, 0) is 5.41 Å². The predicted octanol–water partition coefficient (Wildman–Crippen LogP) is 2.71. The molecule has 0 heterocycles. The summed E-state index contributed by atoms with van der Waals surface area (Å²) in [6, 6.07) is 8.62. The first kappa shape index (κ1) is 9.47. The smallest absolute Gasteiger partial charge is 0.00228 e. The van der Waals surface area contributed by atoms with Crippen LogP contribution in [0.2, 0.25) is 0 Å². The number of allylic oxidation sites excluding steroid dienone is 1. The minimum atomic E-state index is 0.250. The summed E-state index contributed by atoms with van der Waals surface area (Å²) in [5.74, 6) is 0. The fraction of sp³-hybridized carbons (Fsp3) is 0.385. The summed E-state index contributed by atoms with van der Waals surface area (Å²) in [6.45, 7) is 3.07. The van der Waals surface area contributed by atoms with Crippen molar-refractivity contribution in [2.24, 2.45) is 5.73 Å². The molecule has 2 N–H and O–H groups in total. The van der Waals surface area contributed by atoms with E-state index in [1.54, 1.807) is 0 Å². The van der Waals surface area contributed by atoms with Gasteiger partial charge in [-0.3, -0.25) is 0 Å². The molecule has 0 aliphatic heterocycles. The molecule has 0 amide bonds. The Morgan fingerprint density at radius 3 is 2.93 bits per heavy atom. The van der Waals surface area contributed by atoms with Crippen LogP contribution in [0.5, 0.6) is 0 Å². The molecule has 1 atom stereocenters. The van der Waals surface area contributed by atoms with Crippen molar-refractivity contribution in [3.05, 3.63) is 41.5 Å². The van der Waals surface area contributed by atoms with Crippen molar-refractivity contribution in [2.45, 2.75) is 25.2 Å². The molecule has 74 valence electrons. The van der Waals surface area contributed by atoms with Gasteiger partial charge in [0.25, 0.3) is 0 Å². The molecule has 0 spiro atoms. The molecule has 0 saturated heterocycles. The van der Waals surface area contributed by atoms with Gasteiger partial charge in [-0.25, -0.2) is 0 Å². The summed E-state index contributed by atoms with van der Waals surface area (Å²) in [5.41, 5.74) is 8.74. The number of nitrogens with two attached hydrogens (primary N) is 1. The Morgan fingerprint density at radius 1 is 1.36 bits per heavy atom. The van der Waals surface area contributed by atoms with E-state index in [9.17, 15) is 0 Å². The topological polar surface area (TPSA) is 26.0 Å². The van der Waals surface area contributed by atoms with E-state index in [0.717, 1.165) is 19.4 Å². The van der Waals surface area contributed by atoms with E-state index in [4.69, 9.17) is 5.73 Å². The van der Waals surface area contributed by atoms with Crippen molar-refractivity contribution in [1.29, 1.82) is 0 Å². The van der Waals surface area contributed by atoms with Gasteiger partial charge in [-0.15, -0.1) is 0 Å². The number of rotatable bonds is 2. The van der Waals surface area contributed by atoms with Crippen molar-refractivity contribution in [1.82, 2.24) is 0 Å². The van der Waals surface area contributed by atoms with Gasteiger partial charge in [-0.1, -0.05) is 43.3 Å². The average Bonchev–Trinajstić information content (AvgIpc) is 2.19. The van der Waals surface area contributed by atoms with E-state index in [1.165, 1.54) is 11.1 Å². The number of hydrogen-bond acceptors (Lipinski definition) is 1. The second-order valence-corrected chi connectivity index (χ2v) is 4.29. The summed E-state index contributed by atoms with van der Waals surface area (Å²) in [7, 11) is 0. The lowest BCUT2D eigenvalue weighted by atomic mass is 9.72. The SMILES string of the molecule is C[C@]1(CCN)CC=Cc2ccccc21. The van der Waals surface area contributed by atoms with E-state index in [2.05, 4.69) is 43.3 Å². The Balaban J connectivity index is 2.44. The van der Waals surface area contributed by atoms with E-state index in [-0.39, 0.29) is 5.41 Å². The van der Waals surface area contributed by atoms with Crippen LogP contribution in [0.1, 0.15) is 30.9 Å². The molecule has 0 aromatic heterocycles. The highest BCUT2D eigenvalue weighted by Crippen LogP contribution is 2.37. The molecule has 1 aromatic carbocycles. The lowest BCUT2D eigenvalue weighted by molar-refractivity contribution is 0.442. The van der Waals surface area contributed by atoms with Crippen LogP contribution in [0.25, 0.3) is 6.08 Å². The maximum absolute atomic E-state index is 5.68. The van der Waals surface area contributed by atoms with Crippen LogP contribution < -0.4 is 5.73 Å². The fourth-order valence-corrected chi connectivity index (χ4v) is 2.30. The third kappa shape index (κ3) is 1.48. The molecule has 2 rings (SSSR count). The van der Waals surface area contributed by atoms with E-state index >= 15 is 0 Å². The third-order valence-corrected chi connectivity index (χ3v) is 3.17. The summed E-state index contributed by atoms with van der Waals surface area (Å²) in [6.07, 6.45) is 6.65. The van der Waals surface area contributed by atoms with Crippen molar-refractivity contribution in [2.75, 3.05) is 6.54 Å². The van der Waals surface area contributed by atoms with E-state index in [1.807, 2.05) is 0 Å². The predicted molar refractivity (Wildman–Crippen MR) is 61.1 cm³/mol. The third-order valence-electron chi connectivity index (χ3n) is 3.17. The minimum absolute atomic E-state index is 0.250. The molecule has 1 heteroatoms. The van der Waals surface area contributed by atoms with Gasteiger partial charge in [0.1, 0.15) is 0 Å². The van der Waals surface area contributed by atoms with Gasteiger partial charge < -0.3 is 5.73 Å². The first-order chi connectivity index (χ1) is 6.76. The number of hydrogen-bond donors (Lipinski definition) is 1. The van der Waals surface area contributed by atoms with Gasteiger partial charge in [0, 0.05) is 0 Å². The monoisotopic (exact) mass is 187 g/mol. The Bertz CT molecular complexity index is 354. The maximum atomic E-state index is 5.68. The molecule has 0 radical (unpaired) electrons. The van der Waals surface area contributed by atoms with Gasteiger partial charge in [-0.05, 0) is 35.9 Å². The van der Waals surface area contributed by atoms with Gasteiger partial charge in [0.05, 0.1) is 0 Å². The van der Waals surface area contributed by atoms with Crippen molar-refractivity contribution >= 4 is 6.08 Å². The number of fused-ring (bicyclic) bond motifs is 1. The summed E-state index contributed by atoms with van der Waals surface area (Å²) >= 11 is 0. The first-order valence-electron chi connectivity index (χ1n) is 5.22. The number of benzene rings is 1. The quantitative estimate of drug-likeness (QED) is 0.757. The minimum Gasteiger partial charge on any atom is -0.330 e. The zero-order valence-corrected chi connectivity index (χ0v) is 8.66. The molecular weight excluding hydrogens is 170 g/mol. The van der Waals surface area contributed by atoms with Crippen LogP contribution in [0.15, 0.2) is 30.3 Å². The van der Waals surface area contributed by atoms with Crippen LogP contribution in [0.3, 0.4) is 0 Å². The van der Waals surface area contributed by atoms with Crippen molar-refractivity contribution in [3.63, 3.8) is 0 Å². The Kier molecular flexibility index (Phi) is 2.42. The molecule has 1 aromatic rings. The second kappa shape index (κ2) is 3.58. The zero-order valence-electron chi connectivity index (χ0n) is 8.66. The first-order valence-corrected chi connectivity index (χ1v) is 5.22. The van der Waals surface area contributed by atoms with Crippen LogP contribution in [0.4, 0.5) is 0 Å². The van der Waals surface area contributed by atoms with Crippen LogP contribution in [-0.4, -0.2) is 6.54 Å². The van der Waals surface area contributed by atoms with Gasteiger partial charge >= 0.3 is 0 Å². The van der Waals surface area contributed by atoms with E-state index in [0.29, 0.717) is 0 Å². The molecule has 14 heavy (non-hydrogen) atoms. The van der Waals surface area contributed by atoms with Crippen molar-refractivity contribution < 1.29 is 0 Å². The Hall–Kier alpha value is -1.08. The summed E-state index contributed by atoms with van der Waals surface area (Å²) in [5, 5.41) is 0. The molecule has 0 fully saturated rings. The maximum Gasteiger partial charge on any atom is -0.00228 e. The lowest BCUT2D eigenvalue weighted by Crippen LogP contribution is -2.27. The summed E-state index contributed by atoms with van der Waals surface area (Å²) in [4.78, 5) is 0. The molecule has 0 bridgehead atoms. The van der Waals surface area contributed by atoms with E-state index < -0.39 is 0 Å². The molecular formula is C13H17N. The van der Waals surface area contributed by atoms with Crippen LogP contribution in [0, 0.1) is 0 Å². The Labute approximate surface area is 85.6 Å². The Morgan fingerprint density at radius 2 is 2.14 bits per heavy atom. The van der Waals surface area contributed by atoms with Crippen molar-refractivity contribution in [3.8, 4) is 0 Å². The standard InChI is InChI=1S/C13H17N/c1-13(9-10-14)8-4-6-11-5-2-3-7-12(11)13/h2-7H,8-10,14H2,1H3/t13-/m1/s1. The highest BCUT2D eigenvalue weighted by atomic mass is 14.5. The molecule has 1 aliphatic rings. The zero-order chi connectivity index (χ0) is 10.0. The molecule has 1 nitrogen and oxygen atoms in total. The highest BCUT2D eigenvalue weighted by Gasteiger charge is 2.28. The second-order valence-electron chi connectivity index (χ2n) is 4.29. The molecule has 1 aliphatic carbocycles. The van der Waals surface area contributed by atoms with Gasteiger partial charge in [0.2, 0.25) is 0 Å². The lowest BCUT2D eigenvalue weighted by Gasteiger charge is -2.32. The highest BCUT2D eigenvalue weighted by molar-refractivity contribution is 5.59. The normalized spacial score (nSPS) is 24.7. The largest absolute Gasteiger partial charge is 0.330 e.